The first-order valence-electron chi connectivity index (χ1n) is 15.7. The first-order valence-corrected chi connectivity index (χ1v) is 18.0. The van der Waals surface area contributed by atoms with Gasteiger partial charge < -0.3 is 14.7 Å². The highest BCUT2D eigenvalue weighted by Gasteiger charge is 2.55. The molecular formula is C33H43Cl2N3O6S. The number of carbonyl (C=O) groups excluding carboxylic acids is 1. The van der Waals surface area contributed by atoms with Gasteiger partial charge in [-0.05, 0) is 81.0 Å². The number of nitrogens with zero attached hydrogens (tertiary/aromatic N) is 2. The number of morpholine rings is 1. The molecular weight excluding hydrogens is 637 g/mol. The highest BCUT2D eigenvalue weighted by atomic mass is 35.5. The van der Waals surface area contributed by atoms with Crippen molar-refractivity contribution in [1.82, 2.24) is 14.5 Å². The van der Waals surface area contributed by atoms with Gasteiger partial charge in [-0.2, -0.15) is 0 Å². The maximum absolute atomic E-state index is 15.1. The van der Waals surface area contributed by atoms with Crippen LogP contribution >= 0.6 is 23.2 Å². The van der Waals surface area contributed by atoms with E-state index in [1.807, 2.05) is 37.3 Å². The summed E-state index contributed by atoms with van der Waals surface area (Å²) in [5.74, 6) is -1.63. The molecule has 4 atom stereocenters. The van der Waals surface area contributed by atoms with Gasteiger partial charge in [0.05, 0.1) is 35.8 Å². The van der Waals surface area contributed by atoms with Crippen LogP contribution in [0.25, 0.3) is 0 Å². The molecule has 3 fully saturated rings. The van der Waals surface area contributed by atoms with Gasteiger partial charge in [0.2, 0.25) is 15.9 Å². The Hall–Kier alpha value is -2.21. The third-order valence-corrected chi connectivity index (χ3v) is 12.7. The zero-order valence-electron chi connectivity index (χ0n) is 25.9. The lowest BCUT2D eigenvalue weighted by Gasteiger charge is -2.53. The van der Waals surface area contributed by atoms with Crippen LogP contribution in [0.2, 0.25) is 10.0 Å². The summed E-state index contributed by atoms with van der Waals surface area (Å²) < 4.78 is 34.0. The van der Waals surface area contributed by atoms with Crippen molar-refractivity contribution in [1.29, 1.82) is 0 Å². The van der Waals surface area contributed by atoms with E-state index in [9.17, 15) is 18.3 Å². The van der Waals surface area contributed by atoms with Gasteiger partial charge in [0, 0.05) is 41.6 Å². The van der Waals surface area contributed by atoms with Crippen molar-refractivity contribution >= 4 is 45.1 Å². The van der Waals surface area contributed by atoms with Crippen molar-refractivity contribution in [3.63, 3.8) is 0 Å². The Balaban J connectivity index is 1.62. The van der Waals surface area contributed by atoms with Crippen LogP contribution in [0.4, 0.5) is 0 Å². The second-order valence-electron chi connectivity index (χ2n) is 13.0. The number of carboxylic acid groups (broad SMARTS) is 1. The number of amides is 1. The number of aliphatic carboxylic acids is 1. The Labute approximate surface area is 276 Å². The predicted octanol–water partition coefficient (Wildman–Crippen LogP) is 5.48. The highest BCUT2D eigenvalue weighted by Crippen LogP contribution is 2.54. The Morgan fingerprint density at radius 3 is 2.38 bits per heavy atom. The van der Waals surface area contributed by atoms with Crippen LogP contribution in [-0.2, 0) is 24.3 Å². The summed E-state index contributed by atoms with van der Waals surface area (Å²) in [5, 5.41) is 11.3. The fourth-order valence-corrected chi connectivity index (χ4v) is 8.62. The third-order valence-electron chi connectivity index (χ3n) is 9.94. The first kappa shape index (κ1) is 34.1. The van der Waals surface area contributed by atoms with Gasteiger partial charge in [-0.3, -0.25) is 14.5 Å². The number of hydrogen-bond acceptors (Lipinski definition) is 6. The molecule has 1 saturated carbocycles. The maximum atomic E-state index is 15.1. The normalized spacial score (nSPS) is 26.0. The van der Waals surface area contributed by atoms with Gasteiger partial charge in [-0.25, -0.2) is 13.1 Å². The molecule has 2 N–H and O–H groups in total. The monoisotopic (exact) mass is 679 g/mol. The zero-order valence-corrected chi connectivity index (χ0v) is 28.2. The third kappa shape index (κ3) is 7.52. The summed E-state index contributed by atoms with van der Waals surface area (Å²) in [6, 6.07) is 13.8. The Morgan fingerprint density at radius 2 is 1.78 bits per heavy atom. The molecule has 12 heteroatoms. The van der Waals surface area contributed by atoms with Gasteiger partial charge in [0.15, 0.2) is 0 Å². The second kappa shape index (κ2) is 13.9. The Kier molecular flexibility index (Phi) is 10.5. The largest absolute Gasteiger partial charge is 0.481 e. The summed E-state index contributed by atoms with van der Waals surface area (Å²) in [4.78, 5) is 31.6. The molecule has 5 rings (SSSR count). The van der Waals surface area contributed by atoms with Gasteiger partial charge in [-0.15, -0.1) is 0 Å². The first-order chi connectivity index (χ1) is 21.4. The van der Waals surface area contributed by atoms with Crippen LogP contribution in [-0.4, -0.2) is 85.4 Å². The number of hydrogen-bond donors (Lipinski definition) is 2. The van der Waals surface area contributed by atoms with Crippen molar-refractivity contribution in [2.45, 2.75) is 75.1 Å². The molecule has 2 heterocycles. The molecule has 9 nitrogen and oxygen atoms in total. The van der Waals surface area contributed by atoms with E-state index in [-0.39, 0.29) is 24.8 Å². The van der Waals surface area contributed by atoms with Crippen molar-refractivity contribution in [3.8, 4) is 0 Å². The molecule has 0 radical (unpaired) electrons. The van der Waals surface area contributed by atoms with E-state index in [4.69, 9.17) is 27.9 Å². The molecule has 2 aromatic rings. The highest BCUT2D eigenvalue weighted by molar-refractivity contribution is 7.91. The molecule has 246 valence electrons. The minimum atomic E-state index is -3.61. The van der Waals surface area contributed by atoms with Gasteiger partial charge in [-0.1, -0.05) is 54.4 Å². The second-order valence-corrected chi connectivity index (χ2v) is 16.1. The number of carbonyl (C=O) groups is 2. The molecule has 45 heavy (non-hydrogen) atoms. The van der Waals surface area contributed by atoms with E-state index in [0.717, 1.165) is 11.1 Å². The van der Waals surface area contributed by atoms with E-state index in [1.165, 1.54) is 0 Å². The van der Waals surface area contributed by atoms with Crippen molar-refractivity contribution in [2.24, 2.45) is 5.41 Å². The van der Waals surface area contributed by atoms with E-state index in [0.29, 0.717) is 75.0 Å². The van der Waals surface area contributed by atoms with Crippen molar-refractivity contribution < 1.29 is 27.9 Å². The molecule has 0 bridgehead atoms. The molecule has 0 unspecified atom stereocenters. The summed E-state index contributed by atoms with van der Waals surface area (Å²) in [6.07, 6.45) is 1.96. The smallest absolute Gasteiger partial charge is 0.304 e. The fourth-order valence-electron chi connectivity index (χ4n) is 6.89. The number of carboxylic acids is 1. The Bertz CT molecular complexity index is 1480. The Morgan fingerprint density at radius 1 is 1.09 bits per heavy atom. The van der Waals surface area contributed by atoms with Crippen LogP contribution in [0.15, 0.2) is 48.5 Å². The number of rotatable bonds is 13. The quantitative estimate of drug-likeness (QED) is 0.288. The minimum Gasteiger partial charge on any atom is -0.481 e. The van der Waals surface area contributed by atoms with Crippen LogP contribution in [0, 0.1) is 5.41 Å². The van der Waals surface area contributed by atoms with E-state index in [2.05, 4.69) is 9.62 Å². The van der Waals surface area contributed by atoms with E-state index >= 15 is 4.79 Å². The summed E-state index contributed by atoms with van der Waals surface area (Å²) in [7, 11) is -3.61. The van der Waals surface area contributed by atoms with Crippen LogP contribution < -0.4 is 4.72 Å². The maximum Gasteiger partial charge on any atom is 0.304 e. The van der Waals surface area contributed by atoms with Gasteiger partial charge in [0.25, 0.3) is 0 Å². The lowest BCUT2D eigenvalue weighted by molar-refractivity contribution is -0.163. The average Bonchev–Trinajstić information content (AvgIpc) is 3.78. The SMILES string of the molecule is CC[C@@H](CNS(=O)(=O)C1(C)CC1)N1C(=O)[C@@](CCN2CCOCC2)(CC(=O)O)C[C@H](c2cccc(Cl)c2)[C@H]1c1ccc(Cl)cc1. The number of ether oxygens (including phenoxy) is 1. The number of piperidine rings is 1. The van der Waals surface area contributed by atoms with Crippen molar-refractivity contribution in [2.75, 3.05) is 39.4 Å². The van der Waals surface area contributed by atoms with Crippen LogP contribution in [0.5, 0.6) is 0 Å². The number of benzene rings is 2. The van der Waals surface area contributed by atoms with E-state index < -0.39 is 38.2 Å². The molecule has 1 aliphatic carbocycles. The number of sulfonamides is 1. The summed E-state index contributed by atoms with van der Waals surface area (Å²) >= 11 is 12.8. The lowest BCUT2D eigenvalue weighted by Crippen LogP contribution is -2.59. The predicted molar refractivity (Wildman–Crippen MR) is 175 cm³/mol. The van der Waals surface area contributed by atoms with Crippen LogP contribution in [0.3, 0.4) is 0 Å². The van der Waals surface area contributed by atoms with Gasteiger partial charge >= 0.3 is 5.97 Å². The number of nitrogens with one attached hydrogen (secondary N) is 1. The summed E-state index contributed by atoms with van der Waals surface area (Å²) in [6.45, 7) is 6.84. The van der Waals surface area contributed by atoms with Crippen molar-refractivity contribution in [3.05, 3.63) is 69.7 Å². The number of likely N-dealkylation sites (tertiary alicyclic amines) is 1. The number of halogens is 2. The van der Waals surface area contributed by atoms with Gasteiger partial charge in [0.1, 0.15) is 0 Å². The lowest BCUT2D eigenvalue weighted by atomic mass is 9.64. The molecule has 2 aromatic carbocycles. The molecule has 3 aliphatic rings. The minimum absolute atomic E-state index is 0.0269. The molecule has 2 saturated heterocycles. The fraction of sp³-hybridized carbons (Fsp3) is 0.576. The van der Waals surface area contributed by atoms with Crippen LogP contribution in [0.1, 0.15) is 75.5 Å². The zero-order chi connectivity index (χ0) is 32.4. The molecule has 0 aromatic heterocycles. The average molecular weight is 681 g/mol. The van der Waals surface area contributed by atoms with E-state index in [1.54, 1.807) is 30.0 Å². The molecule has 0 spiro atoms. The standard InChI is InChI=1S/C33H43Cl2N3O6S/c1-3-27(22-36-45(42,43)32(2)11-12-32)38-30(23-7-9-25(34)10-8-23)28(24-5-4-6-26(35)19-24)20-33(31(38)41,21-29(39)40)13-14-37-15-17-44-18-16-37/h4-10,19,27-28,30,36H,3,11-18,20-22H2,1-2H3,(H,39,40)/t27-,28+,30+,33+/m0/s1. The molecule has 1 amide bonds. The topological polar surface area (TPSA) is 116 Å². The molecule has 2 aliphatic heterocycles. The summed E-state index contributed by atoms with van der Waals surface area (Å²) in [5.41, 5.74) is 0.502.